The second-order valence-corrected chi connectivity index (χ2v) is 5.37. The molecule has 1 aromatic carbocycles. The summed E-state index contributed by atoms with van der Waals surface area (Å²) in [5, 5.41) is 2.94. The van der Waals surface area contributed by atoms with Crippen LogP contribution in [0.5, 0.6) is 0 Å². The van der Waals surface area contributed by atoms with Gasteiger partial charge in [0.05, 0.1) is 0 Å². The second kappa shape index (κ2) is 6.01. The Morgan fingerprint density at radius 3 is 2.82 bits per heavy atom. The van der Waals surface area contributed by atoms with Crippen LogP contribution in [0.15, 0.2) is 36.4 Å². The monoisotopic (exact) mass is 297 g/mol. The molecular formula is C16H19N5O. The number of hydrogen-bond acceptors (Lipinski definition) is 5. The fraction of sp³-hybridized carbons (Fsp3) is 0.312. The lowest BCUT2D eigenvalue weighted by molar-refractivity contribution is -0.117. The minimum Gasteiger partial charge on any atom is -0.373 e. The average molecular weight is 297 g/mol. The summed E-state index contributed by atoms with van der Waals surface area (Å²) >= 11 is 0. The Hall–Kier alpha value is -2.63. The third kappa shape index (κ3) is 2.86. The first kappa shape index (κ1) is 14.3. The van der Waals surface area contributed by atoms with Crippen molar-refractivity contribution in [3.05, 3.63) is 42.0 Å². The summed E-state index contributed by atoms with van der Waals surface area (Å²) in [6, 6.07) is 12.0. The standard InChI is InChI=1S/C16H19N5O/c1-18-13-10-14(20-16(17)19-13)21-12(7-8-15(21)22)9-11-5-3-2-4-6-11/h2-6,10,12H,7-9H2,1H3,(H3,17,18,19,20). The van der Waals surface area contributed by atoms with Crippen molar-refractivity contribution >= 4 is 23.5 Å². The Morgan fingerprint density at radius 1 is 1.32 bits per heavy atom. The molecule has 2 aromatic rings. The van der Waals surface area contributed by atoms with Crippen molar-refractivity contribution in [1.82, 2.24) is 9.97 Å². The number of carbonyl (C=O) groups excluding carboxylic acids is 1. The number of nitrogens with one attached hydrogen (secondary N) is 1. The van der Waals surface area contributed by atoms with Crippen LogP contribution in [0, 0.1) is 0 Å². The van der Waals surface area contributed by atoms with E-state index in [1.54, 1.807) is 18.0 Å². The summed E-state index contributed by atoms with van der Waals surface area (Å²) < 4.78 is 0. The molecule has 3 rings (SSSR count). The van der Waals surface area contributed by atoms with Gasteiger partial charge in [0.2, 0.25) is 11.9 Å². The highest BCUT2D eigenvalue weighted by atomic mass is 16.2. The van der Waals surface area contributed by atoms with E-state index in [-0.39, 0.29) is 17.9 Å². The van der Waals surface area contributed by atoms with Gasteiger partial charge in [0.25, 0.3) is 0 Å². The molecule has 114 valence electrons. The third-order valence-corrected chi connectivity index (χ3v) is 3.87. The molecule has 1 atom stereocenters. The number of nitrogens with zero attached hydrogens (tertiary/aromatic N) is 3. The smallest absolute Gasteiger partial charge is 0.228 e. The zero-order chi connectivity index (χ0) is 15.5. The molecule has 1 amide bonds. The number of anilines is 3. The lowest BCUT2D eigenvalue weighted by Crippen LogP contribution is -2.35. The van der Waals surface area contributed by atoms with E-state index >= 15 is 0 Å². The van der Waals surface area contributed by atoms with E-state index in [9.17, 15) is 4.79 Å². The van der Waals surface area contributed by atoms with Gasteiger partial charge in [-0.3, -0.25) is 9.69 Å². The van der Waals surface area contributed by atoms with Crippen LogP contribution in [0.25, 0.3) is 0 Å². The van der Waals surface area contributed by atoms with Gasteiger partial charge in [0, 0.05) is 25.6 Å². The van der Waals surface area contributed by atoms with E-state index in [0.29, 0.717) is 18.1 Å². The van der Waals surface area contributed by atoms with Crippen molar-refractivity contribution in [2.24, 2.45) is 0 Å². The van der Waals surface area contributed by atoms with E-state index in [4.69, 9.17) is 5.73 Å². The average Bonchev–Trinajstić information content (AvgIpc) is 2.88. The Kier molecular flexibility index (Phi) is 3.91. The molecular weight excluding hydrogens is 278 g/mol. The summed E-state index contributed by atoms with van der Waals surface area (Å²) in [6.45, 7) is 0. The number of hydrogen-bond donors (Lipinski definition) is 2. The first-order chi connectivity index (χ1) is 10.7. The zero-order valence-corrected chi connectivity index (χ0v) is 12.5. The van der Waals surface area contributed by atoms with E-state index in [0.717, 1.165) is 12.8 Å². The highest BCUT2D eigenvalue weighted by Gasteiger charge is 2.33. The summed E-state index contributed by atoms with van der Waals surface area (Å²) in [7, 11) is 1.76. The fourth-order valence-electron chi connectivity index (χ4n) is 2.84. The molecule has 6 heteroatoms. The maximum Gasteiger partial charge on any atom is 0.228 e. The van der Waals surface area contributed by atoms with Gasteiger partial charge in [-0.25, -0.2) is 0 Å². The molecule has 3 N–H and O–H groups in total. The van der Waals surface area contributed by atoms with Gasteiger partial charge in [0.15, 0.2) is 0 Å². The SMILES string of the molecule is CNc1cc(N2C(=O)CCC2Cc2ccccc2)nc(N)n1. The Bertz CT molecular complexity index is 673. The molecule has 0 radical (unpaired) electrons. The molecule has 0 bridgehead atoms. The molecule has 1 aromatic heterocycles. The van der Waals surface area contributed by atoms with E-state index in [1.807, 2.05) is 18.2 Å². The van der Waals surface area contributed by atoms with Gasteiger partial charge in [-0.2, -0.15) is 9.97 Å². The van der Waals surface area contributed by atoms with Gasteiger partial charge in [-0.05, 0) is 18.4 Å². The largest absolute Gasteiger partial charge is 0.373 e. The molecule has 0 saturated carbocycles. The normalized spacial score (nSPS) is 17.8. The first-order valence-corrected chi connectivity index (χ1v) is 7.35. The van der Waals surface area contributed by atoms with Gasteiger partial charge in [-0.1, -0.05) is 30.3 Å². The van der Waals surface area contributed by atoms with Crippen LogP contribution in [0.1, 0.15) is 18.4 Å². The van der Waals surface area contributed by atoms with Gasteiger partial charge in [0.1, 0.15) is 11.6 Å². The summed E-state index contributed by atoms with van der Waals surface area (Å²) in [5.41, 5.74) is 6.96. The van der Waals surface area contributed by atoms with Crippen molar-refractivity contribution in [1.29, 1.82) is 0 Å². The minimum absolute atomic E-state index is 0.0843. The van der Waals surface area contributed by atoms with Gasteiger partial charge >= 0.3 is 0 Å². The molecule has 1 saturated heterocycles. The number of rotatable bonds is 4. The summed E-state index contributed by atoms with van der Waals surface area (Å²) in [5.74, 6) is 1.43. The summed E-state index contributed by atoms with van der Waals surface area (Å²) in [4.78, 5) is 22.4. The van der Waals surface area contributed by atoms with Crippen molar-refractivity contribution in [3.8, 4) is 0 Å². The van der Waals surface area contributed by atoms with Crippen LogP contribution >= 0.6 is 0 Å². The predicted octanol–water partition coefficient (Wildman–Crippen LogP) is 1.84. The Balaban J connectivity index is 1.89. The third-order valence-electron chi connectivity index (χ3n) is 3.87. The van der Waals surface area contributed by atoms with Crippen LogP contribution in [0.4, 0.5) is 17.6 Å². The number of nitrogens with two attached hydrogens (primary N) is 1. The van der Waals surface area contributed by atoms with Crippen molar-refractivity contribution < 1.29 is 4.79 Å². The van der Waals surface area contributed by atoms with Crippen LogP contribution in [0.2, 0.25) is 0 Å². The Labute approximate surface area is 129 Å². The molecule has 0 aliphatic carbocycles. The molecule has 1 fully saturated rings. The van der Waals surface area contributed by atoms with Gasteiger partial charge in [-0.15, -0.1) is 0 Å². The lowest BCUT2D eigenvalue weighted by Gasteiger charge is -2.24. The Morgan fingerprint density at radius 2 is 2.09 bits per heavy atom. The second-order valence-electron chi connectivity index (χ2n) is 5.37. The topological polar surface area (TPSA) is 84.1 Å². The molecule has 0 spiro atoms. The van der Waals surface area contributed by atoms with E-state index < -0.39 is 0 Å². The number of aromatic nitrogens is 2. The predicted molar refractivity (Wildman–Crippen MR) is 86.6 cm³/mol. The van der Waals surface area contributed by atoms with Crippen LogP contribution in [0.3, 0.4) is 0 Å². The molecule has 2 heterocycles. The van der Waals surface area contributed by atoms with Crippen molar-refractivity contribution in [3.63, 3.8) is 0 Å². The van der Waals surface area contributed by atoms with Crippen LogP contribution in [-0.4, -0.2) is 29.0 Å². The maximum absolute atomic E-state index is 12.3. The maximum atomic E-state index is 12.3. The zero-order valence-electron chi connectivity index (χ0n) is 12.5. The fourth-order valence-corrected chi connectivity index (χ4v) is 2.84. The summed E-state index contributed by atoms with van der Waals surface area (Å²) in [6.07, 6.45) is 2.17. The lowest BCUT2D eigenvalue weighted by atomic mass is 10.0. The molecule has 22 heavy (non-hydrogen) atoms. The quantitative estimate of drug-likeness (QED) is 0.899. The number of carbonyl (C=O) groups is 1. The number of benzene rings is 1. The van der Waals surface area contributed by atoms with E-state index in [2.05, 4.69) is 27.4 Å². The van der Waals surface area contributed by atoms with Gasteiger partial charge < -0.3 is 11.1 Å². The number of amides is 1. The first-order valence-electron chi connectivity index (χ1n) is 7.35. The highest BCUT2D eigenvalue weighted by molar-refractivity contribution is 5.95. The number of nitrogen functional groups attached to an aromatic ring is 1. The molecule has 1 aliphatic rings. The minimum atomic E-state index is 0.0843. The van der Waals surface area contributed by atoms with Crippen molar-refractivity contribution in [2.75, 3.05) is 23.0 Å². The molecule has 1 aliphatic heterocycles. The van der Waals surface area contributed by atoms with Crippen LogP contribution in [-0.2, 0) is 11.2 Å². The highest BCUT2D eigenvalue weighted by Crippen LogP contribution is 2.29. The van der Waals surface area contributed by atoms with Crippen LogP contribution < -0.4 is 16.0 Å². The molecule has 1 unspecified atom stereocenters. The van der Waals surface area contributed by atoms with E-state index in [1.165, 1.54) is 5.56 Å². The van der Waals surface area contributed by atoms with Crippen molar-refractivity contribution in [2.45, 2.75) is 25.3 Å². The molecule has 6 nitrogen and oxygen atoms in total.